The van der Waals surface area contributed by atoms with E-state index >= 15 is 0 Å². The lowest BCUT2D eigenvalue weighted by Gasteiger charge is -2.22. The number of amides is 1. The van der Waals surface area contributed by atoms with Crippen LogP contribution in [0.25, 0.3) is 11.6 Å². The van der Waals surface area contributed by atoms with Crippen LogP contribution in [-0.2, 0) is 19.0 Å². The van der Waals surface area contributed by atoms with Gasteiger partial charge in [0.1, 0.15) is 11.7 Å². The number of likely N-dealkylation sites (tertiary alicyclic amines) is 1. The highest BCUT2D eigenvalue weighted by atomic mass is 16.5. The third-order valence-electron chi connectivity index (χ3n) is 6.40. The molecule has 1 fully saturated rings. The van der Waals surface area contributed by atoms with E-state index in [0.29, 0.717) is 36.8 Å². The largest absolute Gasteiger partial charge is 0.417 e. The SMILES string of the molecule is Cc1noc(C2CCCN2C(=O)c2cc(-c3nnc([C@@](C)(N)Cc4ccccc4)o3)n(C)c(=O)c2)n1. The number of hydrogen-bond acceptors (Lipinski definition) is 9. The summed E-state index contributed by atoms with van der Waals surface area (Å²) < 4.78 is 12.6. The first-order chi connectivity index (χ1) is 17.2. The number of nitrogens with zero attached hydrogens (tertiary/aromatic N) is 6. The lowest BCUT2D eigenvalue weighted by atomic mass is 9.94. The van der Waals surface area contributed by atoms with E-state index in [1.54, 1.807) is 24.9 Å². The molecule has 1 unspecified atom stereocenters. The smallest absolute Gasteiger partial charge is 0.264 e. The fourth-order valence-corrected chi connectivity index (χ4v) is 4.50. The van der Waals surface area contributed by atoms with Gasteiger partial charge in [-0.1, -0.05) is 35.5 Å². The molecule has 36 heavy (non-hydrogen) atoms. The predicted octanol–water partition coefficient (Wildman–Crippen LogP) is 2.52. The van der Waals surface area contributed by atoms with Crippen molar-refractivity contribution in [1.82, 2.24) is 29.8 Å². The molecule has 4 heterocycles. The summed E-state index contributed by atoms with van der Waals surface area (Å²) >= 11 is 0. The highest BCUT2D eigenvalue weighted by molar-refractivity contribution is 5.95. The van der Waals surface area contributed by atoms with Gasteiger partial charge in [-0.05, 0) is 44.7 Å². The Kier molecular flexibility index (Phi) is 6.00. The molecule has 1 amide bonds. The summed E-state index contributed by atoms with van der Waals surface area (Å²) in [5, 5.41) is 12.1. The zero-order valence-electron chi connectivity index (χ0n) is 20.3. The standard InChI is InChI=1S/C25H27N7O4/c1-15-27-21(36-30-15)18-10-7-11-32(18)23(34)17-12-19(31(3)20(33)13-17)22-28-29-24(35-22)25(2,26)14-16-8-5-4-6-9-16/h4-6,8-9,12-13,18H,7,10-11,14,26H2,1-3H3/t18?,25-/m0/s1. The Morgan fingerprint density at radius 1 is 1.22 bits per heavy atom. The number of pyridine rings is 1. The van der Waals surface area contributed by atoms with Gasteiger partial charge in [0, 0.05) is 25.2 Å². The van der Waals surface area contributed by atoms with Crippen molar-refractivity contribution in [3.05, 3.63) is 81.6 Å². The van der Waals surface area contributed by atoms with Gasteiger partial charge in [-0.2, -0.15) is 4.98 Å². The predicted molar refractivity (Wildman–Crippen MR) is 129 cm³/mol. The second-order valence-electron chi connectivity index (χ2n) is 9.36. The number of aromatic nitrogens is 5. The number of aryl methyl sites for hydroxylation is 1. The molecule has 3 aromatic heterocycles. The number of rotatable bonds is 6. The maximum Gasteiger partial charge on any atom is 0.264 e. The molecular weight excluding hydrogens is 462 g/mol. The number of carbonyl (C=O) groups is 1. The molecule has 1 saturated heterocycles. The highest BCUT2D eigenvalue weighted by Gasteiger charge is 2.35. The average Bonchev–Trinajstić information content (AvgIpc) is 3.61. The van der Waals surface area contributed by atoms with Gasteiger partial charge < -0.3 is 24.1 Å². The van der Waals surface area contributed by atoms with Gasteiger partial charge in [0.05, 0.1) is 5.54 Å². The molecule has 2 atom stereocenters. The van der Waals surface area contributed by atoms with Crippen LogP contribution < -0.4 is 11.3 Å². The summed E-state index contributed by atoms with van der Waals surface area (Å²) in [6, 6.07) is 12.3. The van der Waals surface area contributed by atoms with E-state index in [-0.39, 0.29) is 34.9 Å². The van der Waals surface area contributed by atoms with E-state index in [1.807, 2.05) is 37.3 Å². The first kappa shape index (κ1) is 23.6. The normalized spacial score (nSPS) is 17.3. The van der Waals surface area contributed by atoms with Gasteiger partial charge in [0.15, 0.2) is 5.82 Å². The molecule has 1 aromatic carbocycles. The minimum atomic E-state index is -0.927. The Bertz CT molecular complexity index is 1450. The van der Waals surface area contributed by atoms with Crippen LogP contribution >= 0.6 is 0 Å². The summed E-state index contributed by atoms with van der Waals surface area (Å²) in [5.41, 5.74) is 6.78. The van der Waals surface area contributed by atoms with Gasteiger partial charge in [0.25, 0.3) is 17.4 Å². The van der Waals surface area contributed by atoms with E-state index < -0.39 is 5.54 Å². The minimum Gasteiger partial charge on any atom is -0.417 e. The van der Waals surface area contributed by atoms with E-state index in [0.717, 1.165) is 12.0 Å². The third kappa shape index (κ3) is 4.44. The van der Waals surface area contributed by atoms with Crippen LogP contribution in [-0.4, -0.2) is 42.3 Å². The number of hydrogen-bond donors (Lipinski definition) is 1. The van der Waals surface area contributed by atoms with E-state index in [9.17, 15) is 9.59 Å². The Hall–Kier alpha value is -4.12. The molecule has 186 valence electrons. The number of carbonyl (C=O) groups excluding carboxylic acids is 1. The molecule has 0 radical (unpaired) electrons. The lowest BCUT2D eigenvalue weighted by molar-refractivity contribution is 0.0710. The average molecular weight is 490 g/mol. The zero-order chi connectivity index (χ0) is 25.4. The van der Waals surface area contributed by atoms with Gasteiger partial charge >= 0.3 is 0 Å². The van der Waals surface area contributed by atoms with Crippen molar-refractivity contribution in [3.63, 3.8) is 0 Å². The summed E-state index contributed by atoms with van der Waals surface area (Å²) in [4.78, 5) is 32.2. The molecule has 4 aromatic rings. The van der Waals surface area contributed by atoms with Crippen LogP contribution in [0.4, 0.5) is 0 Å². The molecule has 5 rings (SSSR count). The van der Waals surface area contributed by atoms with Crippen molar-refractivity contribution in [2.75, 3.05) is 6.54 Å². The molecule has 1 aliphatic heterocycles. The highest BCUT2D eigenvalue weighted by Crippen LogP contribution is 2.33. The van der Waals surface area contributed by atoms with Crippen molar-refractivity contribution >= 4 is 5.91 Å². The summed E-state index contributed by atoms with van der Waals surface area (Å²) in [5.74, 6) is 0.933. The Labute approximate surface area is 206 Å². The molecule has 1 aliphatic rings. The van der Waals surface area contributed by atoms with Crippen molar-refractivity contribution in [2.24, 2.45) is 12.8 Å². The van der Waals surface area contributed by atoms with Crippen LogP contribution in [0, 0.1) is 6.92 Å². The topological polar surface area (TPSA) is 146 Å². The fourth-order valence-electron chi connectivity index (χ4n) is 4.50. The quantitative estimate of drug-likeness (QED) is 0.431. The first-order valence-electron chi connectivity index (χ1n) is 11.7. The Morgan fingerprint density at radius 2 is 2.00 bits per heavy atom. The number of nitrogens with two attached hydrogens (primary N) is 1. The number of benzene rings is 1. The van der Waals surface area contributed by atoms with E-state index in [2.05, 4.69) is 20.3 Å². The van der Waals surface area contributed by atoms with Crippen molar-refractivity contribution in [3.8, 4) is 11.6 Å². The molecule has 2 N–H and O–H groups in total. The van der Waals surface area contributed by atoms with Crippen LogP contribution in [0.3, 0.4) is 0 Å². The molecule has 0 aliphatic carbocycles. The van der Waals surface area contributed by atoms with Gasteiger partial charge in [-0.3, -0.25) is 9.59 Å². The molecule has 0 saturated carbocycles. The van der Waals surface area contributed by atoms with Crippen LogP contribution in [0.2, 0.25) is 0 Å². The molecule has 11 nitrogen and oxygen atoms in total. The monoisotopic (exact) mass is 489 g/mol. The van der Waals surface area contributed by atoms with Crippen molar-refractivity contribution < 1.29 is 13.7 Å². The summed E-state index contributed by atoms with van der Waals surface area (Å²) in [6.07, 6.45) is 1.98. The van der Waals surface area contributed by atoms with Crippen LogP contribution in [0.1, 0.15) is 59.3 Å². The summed E-state index contributed by atoms with van der Waals surface area (Å²) in [7, 11) is 1.58. The third-order valence-corrected chi connectivity index (χ3v) is 6.40. The maximum absolute atomic E-state index is 13.5. The van der Waals surface area contributed by atoms with Gasteiger partial charge in [0.2, 0.25) is 11.8 Å². The fraction of sp³-hybridized carbons (Fsp3) is 0.360. The molecular formula is C25H27N7O4. The van der Waals surface area contributed by atoms with E-state index in [1.165, 1.54) is 10.6 Å². The van der Waals surface area contributed by atoms with E-state index in [4.69, 9.17) is 14.7 Å². The molecule has 0 spiro atoms. The molecule has 0 bridgehead atoms. The van der Waals surface area contributed by atoms with Crippen LogP contribution in [0.15, 0.2) is 56.2 Å². The first-order valence-corrected chi connectivity index (χ1v) is 11.7. The Balaban J connectivity index is 1.44. The molecule has 11 heteroatoms. The van der Waals surface area contributed by atoms with Gasteiger partial charge in [-0.15, -0.1) is 10.2 Å². The zero-order valence-corrected chi connectivity index (χ0v) is 20.3. The Morgan fingerprint density at radius 3 is 2.72 bits per heavy atom. The van der Waals surface area contributed by atoms with Gasteiger partial charge in [-0.25, -0.2) is 0 Å². The van der Waals surface area contributed by atoms with Crippen LogP contribution in [0.5, 0.6) is 0 Å². The van der Waals surface area contributed by atoms with Crippen molar-refractivity contribution in [2.45, 2.75) is 44.7 Å². The summed E-state index contributed by atoms with van der Waals surface area (Å²) in [6.45, 7) is 4.06. The lowest BCUT2D eigenvalue weighted by Crippen LogP contribution is -2.35. The second-order valence-corrected chi connectivity index (χ2v) is 9.36. The van der Waals surface area contributed by atoms with Crippen molar-refractivity contribution in [1.29, 1.82) is 0 Å². The minimum absolute atomic E-state index is 0.106. The second kappa shape index (κ2) is 9.15. The maximum atomic E-state index is 13.5.